The lowest BCUT2D eigenvalue weighted by Gasteiger charge is -2.33. The van der Waals surface area contributed by atoms with Gasteiger partial charge in [0, 0.05) is 5.02 Å². The van der Waals surface area contributed by atoms with Crippen LogP contribution in [-0.2, 0) is 4.79 Å². The number of carbonyl (C=O) groups is 1. The number of benzene rings is 2. The zero-order chi connectivity index (χ0) is 19.8. The van der Waals surface area contributed by atoms with E-state index < -0.39 is 30.3 Å². The Labute approximate surface area is 157 Å². The zero-order valence-electron chi connectivity index (χ0n) is 13.7. The Bertz CT molecular complexity index is 872. The molecule has 9 heteroatoms. The monoisotopic (exact) mass is 398 g/mol. The first kappa shape index (κ1) is 19.3. The maximum absolute atomic E-state index is 13.6. The first-order chi connectivity index (χ1) is 12.6. The van der Waals surface area contributed by atoms with Gasteiger partial charge in [0.1, 0.15) is 0 Å². The minimum Gasteiger partial charge on any atom is -0.378 e. The Morgan fingerprint density at radius 1 is 1.15 bits per heavy atom. The topological polar surface area (TPSA) is 73.1 Å². The number of aliphatic hydroxyl groups is 2. The molecular formula is C18H14ClF3N2O3. The summed E-state index contributed by atoms with van der Waals surface area (Å²) in [5.74, 6) is -1.38. The number of alkyl halides is 3. The van der Waals surface area contributed by atoms with Crippen LogP contribution in [-0.4, -0.2) is 38.7 Å². The van der Waals surface area contributed by atoms with Crippen molar-refractivity contribution in [3.8, 4) is 0 Å². The minimum atomic E-state index is -5.18. The van der Waals surface area contributed by atoms with Crippen LogP contribution in [0.4, 0.5) is 13.2 Å². The second-order valence-electron chi connectivity index (χ2n) is 6.01. The van der Waals surface area contributed by atoms with Crippen molar-refractivity contribution < 1.29 is 28.2 Å². The maximum Gasteiger partial charge on any atom is 0.438 e. The van der Waals surface area contributed by atoms with Gasteiger partial charge in [0.2, 0.25) is 0 Å². The highest BCUT2D eigenvalue weighted by atomic mass is 35.5. The summed E-state index contributed by atoms with van der Waals surface area (Å²) >= 11 is 5.77. The molecule has 0 bridgehead atoms. The van der Waals surface area contributed by atoms with Crippen LogP contribution in [0.5, 0.6) is 0 Å². The van der Waals surface area contributed by atoms with E-state index in [1.165, 1.54) is 48.5 Å². The number of nitrogens with zero attached hydrogens (tertiary/aromatic N) is 2. The van der Waals surface area contributed by atoms with Crippen molar-refractivity contribution in [1.82, 2.24) is 5.01 Å². The minimum absolute atomic E-state index is 0.0853. The van der Waals surface area contributed by atoms with Crippen molar-refractivity contribution in [2.75, 3.05) is 0 Å². The average Bonchev–Trinajstić information content (AvgIpc) is 3.00. The van der Waals surface area contributed by atoms with Crippen molar-refractivity contribution in [3.05, 3.63) is 70.7 Å². The van der Waals surface area contributed by atoms with Crippen LogP contribution in [0.2, 0.25) is 5.02 Å². The summed E-state index contributed by atoms with van der Waals surface area (Å²) in [6.07, 6.45) is -8.06. The second-order valence-corrected chi connectivity index (χ2v) is 6.44. The van der Waals surface area contributed by atoms with Gasteiger partial charge < -0.3 is 10.2 Å². The molecule has 0 unspecified atom stereocenters. The number of hydrogen-bond acceptors (Lipinski definition) is 4. The van der Waals surface area contributed by atoms with E-state index in [0.717, 1.165) is 0 Å². The van der Waals surface area contributed by atoms with E-state index in [4.69, 9.17) is 11.6 Å². The largest absolute Gasteiger partial charge is 0.438 e. The number of amides is 1. The van der Waals surface area contributed by atoms with E-state index >= 15 is 0 Å². The number of hydrazone groups is 1. The van der Waals surface area contributed by atoms with E-state index in [1.54, 1.807) is 6.07 Å². The molecule has 0 saturated carbocycles. The third kappa shape index (κ3) is 3.55. The molecule has 0 radical (unpaired) electrons. The molecular weight excluding hydrogens is 385 g/mol. The molecule has 1 amide bonds. The Morgan fingerprint density at radius 2 is 1.74 bits per heavy atom. The van der Waals surface area contributed by atoms with E-state index in [0.29, 0.717) is 5.02 Å². The van der Waals surface area contributed by atoms with Crippen LogP contribution in [0.15, 0.2) is 59.7 Å². The summed E-state index contributed by atoms with van der Waals surface area (Å²) in [6.45, 7) is 0. The highest BCUT2D eigenvalue weighted by Gasteiger charge is 2.63. The van der Waals surface area contributed by atoms with Crippen LogP contribution in [0.3, 0.4) is 0 Å². The van der Waals surface area contributed by atoms with Gasteiger partial charge >= 0.3 is 6.18 Å². The molecule has 1 aliphatic rings. The fourth-order valence-corrected chi connectivity index (χ4v) is 2.82. The average molecular weight is 399 g/mol. The fourth-order valence-electron chi connectivity index (χ4n) is 2.69. The van der Waals surface area contributed by atoms with E-state index in [9.17, 15) is 28.2 Å². The van der Waals surface area contributed by atoms with E-state index in [2.05, 4.69) is 5.10 Å². The summed E-state index contributed by atoms with van der Waals surface area (Å²) in [4.78, 5) is 12.5. The molecule has 2 N–H and O–H groups in total. The highest BCUT2D eigenvalue weighted by molar-refractivity contribution is 6.30. The van der Waals surface area contributed by atoms with Crippen LogP contribution >= 0.6 is 11.6 Å². The Balaban J connectivity index is 2.00. The van der Waals surface area contributed by atoms with Crippen molar-refractivity contribution in [1.29, 1.82) is 0 Å². The Morgan fingerprint density at radius 3 is 2.30 bits per heavy atom. The molecule has 142 valence electrons. The smallest absolute Gasteiger partial charge is 0.378 e. The first-order valence-electron chi connectivity index (χ1n) is 7.83. The van der Waals surface area contributed by atoms with Gasteiger partial charge in [0.15, 0.2) is 6.10 Å². The third-order valence-corrected chi connectivity index (χ3v) is 4.43. The number of aliphatic hydroxyl groups excluding tert-OH is 1. The zero-order valence-corrected chi connectivity index (χ0v) is 14.4. The second kappa shape index (κ2) is 6.95. The van der Waals surface area contributed by atoms with Crippen molar-refractivity contribution in [2.24, 2.45) is 5.10 Å². The van der Waals surface area contributed by atoms with Crippen LogP contribution in [0, 0.1) is 0 Å². The number of rotatable bonds is 3. The normalized spacial score (nSPS) is 21.1. The number of hydrogen-bond donors (Lipinski definition) is 2. The molecule has 2 aromatic rings. The number of halogens is 4. The summed E-state index contributed by atoms with van der Waals surface area (Å²) < 4.78 is 40.7. The van der Waals surface area contributed by atoms with Gasteiger partial charge in [-0.15, -0.1) is 0 Å². The summed E-state index contributed by atoms with van der Waals surface area (Å²) in [5.41, 5.74) is -3.36. The SMILES string of the molecule is O=C([C@H](O)c1ccccc1)N1N=C(c2ccc(Cl)cc2)C[C@]1(O)C(F)(F)F. The molecule has 0 saturated heterocycles. The molecule has 2 atom stereocenters. The lowest BCUT2D eigenvalue weighted by Crippen LogP contribution is -2.57. The molecule has 0 fully saturated rings. The van der Waals surface area contributed by atoms with Gasteiger partial charge in [-0.3, -0.25) is 4.79 Å². The van der Waals surface area contributed by atoms with Crippen molar-refractivity contribution in [3.63, 3.8) is 0 Å². The molecule has 2 aromatic carbocycles. The van der Waals surface area contributed by atoms with E-state index in [1.807, 2.05) is 0 Å². The standard InChI is InChI=1S/C18H14ClF3N2O3/c19-13-8-6-11(7-9-13)14-10-17(27,18(20,21)22)24(23-14)16(26)15(25)12-4-2-1-3-5-12/h1-9,15,25,27H,10H2/t15-,17+/m1/s1. The molecule has 0 aromatic heterocycles. The molecule has 0 aliphatic carbocycles. The molecule has 0 spiro atoms. The van der Waals surface area contributed by atoms with Crippen LogP contribution in [0.1, 0.15) is 23.7 Å². The molecule has 1 heterocycles. The third-order valence-electron chi connectivity index (χ3n) is 4.17. The first-order valence-corrected chi connectivity index (χ1v) is 8.21. The molecule has 3 rings (SSSR count). The Kier molecular flexibility index (Phi) is 4.98. The van der Waals surface area contributed by atoms with Gasteiger partial charge in [-0.05, 0) is 23.3 Å². The molecule has 5 nitrogen and oxygen atoms in total. The summed E-state index contributed by atoms with van der Waals surface area (Å²) in [5, 5.41) is 24.4. The summed E-state index contributed by atoms with van der Waals surface area (Å²) in [6, 6.07) is 13.2. The van der Waals surface area contributed by atoms with E-state index in [-0.39, 0.29) is 21.8 Å². The predicted octanol–water partition coefficient (Wildman–Crippen LogP) is 3.26. The van der Waals surface area contributed by atoms with Crippen LogP contribution < -0.4 is 0 Å². The lowest BCUT2D eigenvalue weighted by molar-refractivity contribution is -0.303. The number of carbonyl (C=O) groups excluding carboxylic acids is 1. The summed E-state index contributed by atoms with van der Waals surface area (Å²) in [7, 11) is 0. The molecule has 27 heavy (non-hydrogen) atoms. The quantitative estimate of drug-likeness (QED) is 0.833. The maximum atomic E-state index is 13.6. The van der Waals surface area contributed by atoms with Gasteiger partial charge in [-0.1, -0.05) is 54.1 Å². The Hall–Kier alpha value is -2.42. The highest BCUT2D eigenvalue weighted by Crippen LogP contribution is 2.42. The van der Waals surface area contributed by atoms with Crippen molar-refractivity contribution >= 4 is 23.2 Å². The van der Waals surface area contributed by atoms with Gasteiger partial charge in [0.05, 0.1) is 12.1 Å². The van der Waals surface area contributed by atoms with Crippen molar-refractivity contribution in [2.45, 2.75) is 24.4 Å². The molecule has 1 aliphatic heterocycles. The van der Waals surface area contributed by atoms with Gasteiger partial charge in [-0.2, -0.15) is 23.3 Å². The fraction of sp³-hybridized carbons (Fsp3) is 0.222. The van der Waals surface area contributed by atoms with Gasteiger partial charge in [0.25, 0.3) is 11.6 Å². The van der Waals surface area contributed by atoms with Gasteiger partial charge in [-0.25, -0.2) is 0 Å². The van der Waals surface area contributed by atoms with Crippen LogP contribution in [0.25, 0.3) is 0 Å². The lowest BCUT2D eigenvalue weighted by atomic mass is 10.00. The predicted molar refractivity (Wildman–Crippen MR) is 91.9 cm³/mol.